The number of oxime groups is 1. The van der Waals surface area contributed by atoms with Gasteiger partial charge in [-0.2, -0.15) is 0 Å². The normalized spacial score (nSPS) is 21.5. The Morgan fingerprint density at radius 1 is 1.16 bits per heavy atom. The molecular formula is C26H24F4N4O3. The lowest BCUT2D eigenvalue weighted by Gasteiger charge is -2.42. The number of rotatable bonds is 6. The predicted molar refractivity (Wildman–Crippen MR) is 127 cm³/mol. The monoisotopic (exact) mass is 516 g/mol. The molecule has 0 radical (unpaired) electrons. The number of piperidine rings is 1. The Hall–Kier alpha value is -3.86. The highest BCUT2D eigenvalue weighted by atomic mass is 19.3. The van der Waals surface area contributed by atoms with Crippen LogP contribution in [0.25, 0.3) is 11.8 Å². The van der Waals surface area contributed by atoms with E-state index in [4.69, 9.17) is 9.57 Å². The van der Waals surface area contributed by atoms with Crippen molar-refractivity contribution in [2.24, 2.45) is 5.16 Å². The van der Waals surface area contributed by atoms with Gasteiger partial charge in [0.2, 0.25) is 5.72 Å². The van der Waals surface area contributed by atoms with Gasteiger partial charge in [0.25, 0.3) is 5.92 Å². The van der Waals surface area contributed by atoms with Gasteiger partial charge in [0, 0.05) is 42.8 Å². The number of aromatic nitrogens is 2. The number of benzene rings is 2. The summed E-state index contributed by atoms with van der Waals surface area (Å²) in [6.07, 6.45) is 4.17. The van der Waals surface area contributed by atoms with Crippen LogP contribution in [0.1, 0.15) is 29.7 Å². The number of ether oxygens (including phenoxy) is 1. The summed E-state index contributed by atoms with van der Waals surface area (Å²) in [4.78, 5) is 11.0. The lowest BCUT2D eigenvalue weighted by Crippen LogP contribution is -2.55. The fourth-order valence-corrected chi connectivity index (χ4v) is 4.80. The molecule has 1 unspecified atom stereocenters. The van der Waals surface area contributed by atoms with Crippen molar-refractivity contribution in [1.82, 2.24) is 14.5 Å². The zero-order chi connectivity index (χ0) is 26.4. The summed E-state index contributed by atoms with van der Waals surface area (Å²) in [7, 11) is 1.51. The maximum Gasteiger partial charge on any atom is 0.269 e. The number of aryl methyl sites for hydroxylation is 1. The first-order chi connectivity index (χ1) is 17.6. The average Bonchev–Trinajstić information content (AvgIpc) is 3.42. The highest BCUT2D eigenvalue weighted by Gasteiger charge is 2.55. The molecule has 1 fully saturated rings. The van der Waals surface area contributed by atoms with Crippen molar-refractivity contribution < 1.29 is 32.2 Å². The first kappa shape index (κ1) is 24.8. The van der Waals surface area contributed by atoms with E-state index in [2.05, 4.69) is 10.1 Å². The Kier molecular flexibility index (Phi) is 6.18. The number of alkyl halides is 2. The molecule has 0 aliphatic carbocycles. The molecule has 7 nitrogen and oxygen atoms in total. The molecule has 0 saturated carbocycles. The van der Waals surface area contributed by atoms with Crippen LogP contribution in [0.15, 0.2) is 59.7 Å². The van der Waals surface area contributed by atoms with Crippen LogP contribution in [0.2, 0.25) is 0 Å². The standard InChI is InChI=1S/C26H24F4N4O3/c1-16-13-33(15-31-16)22-4-3-17(8-23(22)36-2)7-18-12-25(29,30)14-34-24(18)32-37-26(34,5-6-35)19-9-20(27)11-21(28)10-19/h3-4,7-11,13,15,35H,5-6,12,14H2,1-2H3. The second kappa shape index (κ2) is 9.22. The third kappa shape index (κ3) is 4.55. The smallest absolute Gasteiger partial charge is 0.269 e. The number of aliphatic hydroxyl groups excluding tert-OH is 1. The Bertz CT molecular complexity index is 1380. The molecule has 0 amide bonds. The first-order valence-corrected chi connectivity index (χ1v) is 11.5. The van der Waals surface area contributed by atoms with Crippen LogP contribution in [0.4, 0.5) is 17.6 Å². The van der Waals surface area contributed by atoms with E-state index >= 15 is 8.78 Å². The second-order valence-corrected chi connectivity index (χ2v) is 9.06. The van der Waals surface area contributed by atoms with Gasteiger partial charge in [-0.05, 0) is 42.8 Å². The van der Waals surface area contributed by atoms with Crippen LogP contribution in [0.5, 0.6) is 5.75 Å². The Labute approximate surface area is 210 Å². The van der Waals surface area contributed by atoms with Gasteiger partial charge in [0.1, 0.15) is 17.4 Å². The van der Waals surface area contributed by atoms with Crippen LogP contribution < -0.4 is 4.74 Å². The van der Waals surface area contributed by atoms with E-state index in [0.29, 0.717) is 17.4 Å². The molecule has 2 aromatic carbocycles. The van der Waals surface area contributed by atoms with Crippen molar-refractivity contribution in [3.63, 3.8) is 0 Å². The van der Waals surface area contributed by atoms with Crippen LogP contribution in [-0.2, 0) is 10.6 Å². The van der Waals surface area contributed by atoms with Gasteiger partial charge in [0.05, 0.1) is 31.4 Å². The topological polar surface area (TPSA) is 72.1 Å². The van der Waals surface area contributed by atoms with Gasteiger partial charge in [-0.3, -0.25) is 0 Å². The quantitative estimate of drug-likeness (QED) is 0.478. The van der Waals surface area contributed by atoms with Gasteiger partial charge in [-0.15, -0.1) is 0 Å². The van der Waals surface area contributed by atoms with Crippen molar-refractivity contribution in [2.45, 2.75) is 31.4 Å². The van der Waals surface area contributed by atoms with E-state index in [-0.39, 0.29) is 23.4 Å². The maximum atomic E-state index is 15.0. The zero-order valence-corrected chi connectivity index (χ0v) is 20.1. The second-order valence-electron chi connectivity index (χ2n) is 9.06. The molecule has 1 saturated heterocycles. The summed E-state index contributed by atoms with van der Waals surface area (Å²) in [5.74, 6) is -4.39. The molecule has 3 aromatic rings. The van der Waals surface area contributed by atoms with Crippen molar-refractivity contribution >= 4 is 11.9 Å². The van der Waals surface area contributed by atoms with Crippen molar-refractivity contribution in [1.29, 1.82) is 0 Å². The molecule has 2 aliphatic heterocycles. The van der Waals surface area contributed by atoms with Gasteiger partial charge in [-0.1, -0.05) is 11.2 Å². The van der Waals surface area contributed by atoms with Gasteiger partial charge < -0.3 is 24.1 Å². The molecule has 194 valence electrons. The summed E-state index contributed by atoms with van der Waals surface area (Å²) >= 11 is 0. The summed E-state index contributed by atoms with van der Waals surface area (Å²) in [5.41, 5.74) is 0.428. The number of hydrogen-bond acceptors (Lipinski definition) is 6. The maximum absolute atomic E-state index is 15.0. The molecule has 2 aliphatic rings. The van der Waals surface area contributed by atoms with Crippen molar-refractivity contribution in [3.05, 3.63) is 83.0 Å². The number of amidine groups is 1. The van der Waals surface area contributed by atoms with Crippen LogP contribution in [0.3, 0.4) is 0 Å². The Morgan fingerprint density at radius 3 is 2.57 bits per heavy atom. The molecule has 0 spiro atoms. The fourth-order valence-electron chi connectivity index (χ4n) is 4.80. The molecule has 37 heavy (non-hydrogen) atoms. The molecule has 11 heteroatoms. The average molecular weight is 516 g/mol. The van der Waals surface area contributed by atoms with Gasteiger partial charge in [0.15, 0.2) is 5.84 Å². The highest BCUT2D eigenvalue weighted by molar-refractivity contribution is 6.04. The Morgan fingerprint density at radius 2 is 1.92 bits per heavy atom. The zero-order valence-electron chi connectivity index (χ0n) is 20.1. The van der Waals surface area contributed by atoms with Crippen LogP contribution in [0, 0.1) is 18.6 Å². The molecule has 1 aromatic heterocycles. The number of fused-ring (bicyclic) bond motifs is 1. The summed E-state index contributed by atoms with van der Waals surface area (Å²) < 4.78 is 65.5. The van der Waals surface area contributed by atoms with E-state index in [1.165, 1.54) is 12.0 Å². The number of methoxy groups -OCH3 is 1. The van der Waals surface area contributed by atoms with Crippen molar-refractivity contribution in [3.8, 4) is 11.4 Å². The first-order valence-electron chi connectivity index (χ1n) is 11.5. The summed E-state index contributed by atoms with van der Waals surface area (Å²) in [6.45, 7) is 0.564. The number of imidazole rings is 1. The number of nitrogens with zero attached hydrogens (tertiary/aromatic N) is 4. The van der Waals surface area contributed by atoms with E-state index in [9.17, 15) is 13.9 Å². The van der Waals surface area contributed by atoms with Gasteiger partial charge >= 0.3 is 0 Å². The third-order valence-corrected chi connectivity index (χ3v) is 6.40. The summed E-state index contributed by atoms with van der Waals surface area (Å²) in [6, 6.07) is 7.89. The SMILES string of the molecule is COc1cc(C=C2CC(F)(F)CN3C2=NOC3(CCO)c2cc(F)cc(F)c2)ccc1-n1cnc(C)c1. The Balaban J connectivity index is 1.56. The minimum absolute atomic E-state index is 0.0588. The minimum Gasteiger partial charge on any atom is -0.495 e. The molecule has 1 atom stereocenters. The largest absolute Gasteiger partial charge is 0.495 e. The lowest BCUT2D eigenvalue weighted by atomic mass is 9.91. The molecule has 5 rings (SSSR count). The third-order valence-electron chi connectivity index (χ3n) is 6.40. The summed E-state index contributed by atoms with van der Waals surface area (Å²) in [5, 5.41) is 13.8. The van der Waals surface area contributed by atoms with Crippen LogP contribution >= 0.6 is 0 Å². The highest BCUT2D eigenvalue weighted by Crippen LogP contribution is 2.46. The lowest BCUT2D eigenvalue weighted by molar-refractivity contribution is -0.147. The van der Waals surface area contributed by atoms with Crippen molar-refractivity contribution in [2.75, 3.05) is 20.3 Å². The number of halogens is 4. The van der Waals surface area contributed by atoms with E-state index in [1.54, 1.807) is 35.2 Å². The molecular weight excluding hydrogens is 492 g/mol. The molecule has 3 heterocycles. The number of hydrogen-bond donors (Lipinski definition) is 1. The van der Waals surface area contributed by atoms with E-state index in [1.807, 2.05) is 13.1 Å². The number of aliphatic hydroxyl groups is 1. The van der Waals surface area contributed by atoms with E-state index in [0.717, 1.165) is 23.5 Å². The van der Waals surface area contributed by atoms with Gasteiger partial charge in [-0.25, -0.2) is 22.5 Å². The van der Waals surface area contributed by atoms with E-state index < -0.39 is 42.9 Å². The molecule has 0 bridgehead atoms. The minimum atomic E-state index is -3.20. The molecule has 1 N–H and O–H groups in total. The fraction of sp³-hybridized carbons (Fsp3) is 0.308. The predicted octanol–water partition coefficient (Wildman–Crippen LogP) is 4.77. The van der Waals surface area contributed by atoms with Crippen LogP contribution in [-0.4, -0.2) is 51.6 Å².